The van der Waals surface area contributed by atoms with Crippen LogP contribution in [0.15, 0.2) is 36.4 Å². The molecule has 0 radical (unpaired) electrons. The van der Waals surface area contributed by atoms with E-state index in [0.29, 0.717) is 17.7 Å². The first-order valence-corrected chi connectivity index (χ1v) is 6.87. The van der Waals surface area contributed by atoms with Crippen LogP contribution in [0.5, 0.6) is 11.5 Å². The number of benzene rings is 2. The minimum atomic E-state index is -0.725. The molecule has 0 aromatic heterocycles. The quantitative estimate of drug-likeness (QED) is 0.915. The summed E-state index contributed by atoms with van der Waals surface area (Å²) < 4.78 is 24.4. The molecule has 2 unspecified atom stereocenters. The van der Waals surface area contributed by atoms with Gasteiger partial charge in [0.1, 0.15) is 23.4 Å². The Kier molecular flexibility index (Phi) is 3.55. The van der Waals surface area contributed by atoms with Gasteiger partial charge < -0.3 is 14.6 Å². The summed E-state index contributed by atoms with van der Waals surface area (Å²) >= 11 is 0. The Hall–Kier alpha value is -2.07. The molecule has 0 saturated carbocycles. The van der Waals surface area contributed by atoms with Crippen molar-refractivity contribution in [3.8, 4) is 11.5 Å². The molecule has 0 bridgehead atoms. The summed E-state index contributed by atoms with van der Waals surface area (Å²) in [4.78, 5) is 0. The second kappa shape index (κ2) is 5.37. The lowest BCUT2D eigenvalue weighted by atomic mass is 9.94. The Morgan fingerprint density at radius 1 is 1.24 bits per heavy atom. The number of aliphatic hydroxyl groups is 1. The fourth-order valence-electron chi connectivity index (χ4n) is 2.72. The van der Waals surface area contributed by atoms with Crippen molar-refractivity contribution in [1.82, 2.24) is 0 Å². The number of fused-ring (bicyclic) bond motifs is 1. The number of aryl methyl sites for hydroxylation is 1. The second-order valence-electron chi connectivity index (χ2n) is 5.27. The zero-order valence-corrected chi connectivity index (χ0v) is 12.0. The molecule has 0 fully saturated rings. The van der Waals surface area contributed by atoms with Gasteiger partial charge in [-0.3, -0.25) is 0 Å². The van der Waals surface area contributed by atoms with Crippen LogP contribution in [-0.4, -0.2) is 12.2 Å². The molecule has 4 heteroatoms. The van der Waals surface area contributed by atoms with Crippen LogP contribution in [0.4, 0.5) is 4.39 Å². The highest BCUT2D eigenvalue weighted by atomic mass is 19.1. The summed E-state index contributed by atoms with van der Waals surface area (Å²) in [6.45, 7) is 1.96. The van der Waals surface area contributed by atoms with E-state index >= 15 is 0 Å². The lowest BCUT2D eigenvalue weighted by Gasteiger charge is -2.30. The van der Waals surface area contributed by atoms with Crippen LogP contribution in [0.1, 0.15) is 35.3 Å². The van der Waals surface area contributed by atoms with Gasteiger partial charge in [-0.15, -0.1) is 0 Å². The molecule has 3 rings (SSSR count). The minimum absolute atomic E-state index is 0.248. The Bertz CT molecular complexity index is 669. The van der Waals surface area contributed by atoms with E-state index < -0.39 is 6.10 Å². The molecule has 2 atom stereocenters. The molecule has 0 saturated heterocycles. The van der Waals surface area contributed by atoms with Crippen molar-refractivity contribution < 1.29 is 19.0 Å². The van der Waals surface area contributed by atoms with Crippen molar-refractivity contribution in [3.05, 3.63) is 58.9 Å². The third-order valence-corrected chi connectivity index (χ3v) is 3.83. The van der Waals surface area contributed by atoms with Gasteiger partial charge >= 0.3 is 0 Å². The standard InChI is InChI=1S/C17H17FO3/c1-10-7-11(3-5-15(10)20-2)17-9-14(19)13-8-12(18)4-6-16(13)21-17/h3-8,14,17,19H,9H2,1-2H3. The van der Waals surface area contributed by atoms with Crippen molar-refractivity contribution in [1.29, 1.82) is 0 Å². The number of methoxy groups -OCH3 is 1. The van der Waals surface area contributed by atoms with Crippen LogP contribution >= 0.6 is 0 Å². The Morgan fingerprint density at radius 3 is 2.76 bits per heavy atom. The van der Waals surface area contributed by atoms with Crippen LogP contribution in [0.2, 0.25) is 0 Å². The maximum absolute atomic E-state index is 13.2. The van der Waals surface area contributed by atoms with Gasteiger partial charge in [0.2, 0.25) is 0 Å². The number of aliphatic hydroxyl groups excluding tert-OH is 1. The fourth-order valence-corrected chi connectivity index (χ4v) is 2.72. The monoisotopic (exact) mass is 288 g/mol. The first-order valence-electron chi connectivity index (χ1n) is 6.87. The summed E-state index contributed by atoms with van der Waals surface area (Å²) in [5.41, 5.74) is 2.50. The molecule has 0 spiro atoms. The lowest BCUT2D eigenvalue weighted by molar-refractivity contribution is 0.0653. The molecular weight excluding hydrogens is 271 g/mol. The average Bonchev–Trinajstić information content (AvgIpc) is 2.47. The molecule has 2 aromatic rings. The van der Waals surface area contributed by atoms with Crippen LogP contribution in [0.3, 0.4) is 0 Å². The van der Waals surface area contributed by atoms with E-state index in [1.54, 1.807) is 13.2 Å². The summed E-state index contributed by atoms with van der Waals surface area (Å²) in [6, 6.07) is 10.0. The molecular formula is C17H17FO3. The number of halogens is 1. The van der Waals surface area contributed by atoms with Gasteiger partial charge in [0, 0.05) is 12.0 Å². The maximum atomic E-state index is 13.2. The highest BCUT2D eigenvalue weighted by Crippen LogP contribution is 2.41. The molecule has 0 amide bonds. The van der Waals surface area contributed by atoms with Gasteiger partial charge in [0.05, 0.1) is 13.2 Å². The topological polar surface area (TPSA) is 38.7 Å². The minimum Gasteiger partial charge on any atom is -0.496 e. The van der Waals surface area contributed by atoms with Crippen LogP contribution in [0, 0.1) is 12.7 Å². The van der Waals surface area contributed by atoms with E-state index in [4.69, 9.17) is 9.47 Å². The average molecular weight is 288 g/mol. The summed E-state index contributed by atoms with van der Waals surface area (Å²) in [5, 5.41) is 10.2. The largest absolute Gasteiger partial charge is 0.496 e. The third kappa shape index (κ3) is 2.59. The Balaban J connectivity index is 1.92. The zero-order chi connectivity index (χ0) is 15.0. The molecule has 2 aromatic carbocycles. The third-order valence-electron chi connectivity index (χ3n) is 3.83. The zero-order valence-electron chi connectivity index (χ0n) is 12.0. The summed E-state index contributed by atoms with van der Waals surface area (Å²) in [7, 11) is 1.63. The van der Waals surface area contributed by atoms with Crippen LogP contribution < -0.4 is 9.47 Å². The maximum Gasteiger partial charge on any atom is 0.127 e. The summed E-state index contributed by atoms with van der Waals surface area (Å²) in [6.07, 6.45) is -0.568. The van der Waals surface area contributed by atoms with E-state index in [2.05, 4.69) is 0 Å². The van der Waals surface area contributed by atoms with Gasteiger partial charge in [0.25, 0.3) is 0 Å². The highest BCUT2D eigenvalue weighted by Gasteiger charge is 2.28. The van der Waals surface area contributed by atoms with E-state index in [9.17, 15) is 9.50 Å². The lowest BCUT2D eigenvalue weighted by Crippen LogP contribution is -2.19. The van der Waals surface area contributed by atoms with Crippen molar-refractivity contribution in [2.24, 2.45) is 0 Å². The smallest absolute Gasteiger partial charge is 0.127 e. The number of rotatable bonds is 2. The molecule has 0 aliphatic carbocycles. The Morgan fingerprint density at radius 2 is 2.05 bits per heavy atom. The molecule has 3 nitrogen and oxygen atoms in total. The number of ether oxygens (including phenoxy) is 2. The summed E-state index contributed by atoms with van der Waals surface area (Å²) in [5.74, 6) is 0.987. The molecule has 1 aliphatic heterocycles. The van der Waals surface area contributed by atoms with Gasteiger partial charge in [-0.2, -0.15) is 0 Å². The van der Waals surface area contributed by atoms with Crippen LogP contribution in [-0.2, 0) is 0 Å². The van der Waals surface area contributed by atoms with Gasteiger partial charge in [-0.1, -0.05) is 6.07 Å². The van der Waals surface area contributed by atoms with Crippen LogP contribution in [0.25, 0.3) is 0 Å². The number of hydrogen-bond acceptors (Lipinski definition) is 3. The predicted octanol–water partition coefficient (Wildman–Crippen LogP) is 3.70. The van der Waals surface area contributed by atoms with Gasteiger partial charge in [-0.05, 0) is 48.4 Å². The molecule has 21 heavy (non-hydrogen) atoms. The molecule has 1 aliphatic rings. The first kappa shape index (κ1) is 13.9. The molecule has 1 heterocycles. The van der Waals surface area contributed by atoms with E-state index in [0.717, 1.165) is 16.9 Å². The van der Waals surface area contributed by atoms with Crippen molar-refractivity contribution >= 4 is 0 Å². The van der Waals surface area contributed by atoms with Crippen molar-refractivity contribution in [2.45, 2.75) is 25.6 Å². The molecule has 1 N–H and O–H groups in total. The van der Waals surface area contributed by atoms with Crippen molar-refractivity contribution in [3.63, 3.8) is 0 Å². The van der Waals surface area contributed by atoms with E-state index in [-0.39, 0.29) is 11.9 Å². The normalized spacial score (nSPS) is 20.6. The first-order chi connectivity index (χ1) is 10.1. The highest BCUT2D eigenvalue weighted by molar-refractivity contribution is 5.41. The van der Waals surface area contributed by atoms with E-state index in [1.165, 1.54) is 12.1 Å². The van der Waals surface area contributed by atoms with Crippen molar-refractivity contribution in [2.75, 3.05) is 7.11 Å². The second-order valence-corrected chi connectivity index (χ2v) is 5.27. The predicted molar refractivity (Wildman–Crippen MR) is 77.1 cm³/mol. The fraction of sp³-hybridized carbons (Fsp3) is 0.294. The Labute approximate surface area is 122 Å². The van der Waals surface area contributed by atoms with Gasteiger partial charge in [0.15, 0.2) is 0 Å². The van der Waals surface area contributed by atoms with E-state index in [1.807, 2.05) is 25.1 Å². The van der Waals surface area contributed by atoms with Gasteiger partial charge in [-0.25, -0.2) is 4.39 Å². The molecule has 110 valence electrons. The number of hydrogen-bond donors (Lipinski definition) is 1. The SMILES string of the molecule is COc1ccc(C2CC(O)c3cc(F)ccc3O2)cc1C.